The summed E-state index contributed by atoms with van der Waals surface area (Å²) in [5.74, 6) is 2.24. The summed E-state index contributed by atoms with van der Waals surface area (Å²) in [6.45, 7) is 0. The van der Waals surface area contributed by atoms with Gasteiger partial charge in [0.25, 0.3) is 0 Å². The van der Waals surface area contributed by atoms with Gasteiger partial charge in [-0.05, 0) is 6.07 Å². The molecule has 0 radical (unpaired) electrons. The fraction of sp³-hybridized carbons (Fsp3) is 0. The van der Waals surface area contributed by atoms with Crippen molar-refractivity contribution in [3.8, 4) is 45.6 Å². The van der Waals surface area contributed by atoms with Crippen LogP contribution in [-0.2, 0) is 19.5 Å². The first-order valence-electron chi connectivity index (χ1n) is 13.1. The molecule has 2 aliphatic rings. The van der Waals surface area contributed by atoms with Crippen LogP contribution in [0.2, 0.25) is 5.02 Å². The zero-order chi connectivity index (χ0) is 27.1. The Morgan fingerprint density at radius 1 is 0.419 bits per heavy atom. The van der Waals surface area contributed by atoms with E-state index in [9.17, 15) is 0 Å². The molecule has 9 rings (SSSR count). The molecule has 0 saturated heterocycles. The summed E-state index contributed by atoms with van der Waals surface area (Å²) in [4.78, 5) is 36.6. The Morgan fingerprint density at radius 3 is 1.28 bits per heavy atom. The van der Waals surface area contributed by atoms with E-state index in [1.165, 1.54) is 0 Å². The van der Waals surface area contributed by atoms with E-state index in [2.05, 4.69) is 9.97 Å². The van der Waals surface area contributed by atoms with Gasteiger partial charge >= 0.3 is 0 Å². The Morgan fingerprint density at radius 2 is 0.791 bits per heavy atom. The van der Waals surface area contributed by atoms with Gasteiger partial charge in [0.1, 0.15) is 22.6 Å². The molecule has 11 heteroatoms. The van der Waals surface area contributed by atoms with Crippen LogP contribution in [0.4, 0.5) is 0 Å². The quantitative estimate of drug-likeness (QED) is 0.155. The smallest absolute Gasteiger partial charge is 0.164 e. The van der Waals surface area contributed by atoms with E-state index >= 15 is 0 Å². The minimum atomic E-state index is 0. The van der Waals surface area contributed by atoms with Gasteiger partial charge in [-0.15, -0.1) is 17.0 Å². The monoisotopic (exact) mass is 692 g/mol. The zero-order valence-corrected chi connectivity index (χ0v) is 27.8. The minimum Gasteiger partial charge on any atom is -0.324 e. The van der Waals surface area contributed by atoms with E-state index < -0.39 is 0 Å². The van der Waals surface area contributed by atoms with Crippen LogP contribution in [0.25, 0.3) is 89.7 Å². The van der Waals surface area contributed by atoms with Crippen molar-refractivity contribution in [3.05, 3.63) is 96.0 Å². The second kappa shape index (κ2) is 10.4. The number of H-pyrrole nitrogens is 2. The summed E-state index contributed by atoms with van der Waals surface area (Å²) in [6.07, 6.45) is 0. The number of hydrogen-bond acceptors (Lipinski definition) is 6. The van der Waals surface area contributed by atoms with Crippen LogP contribution < -0.4 is 0 Å². The van der Waals surface area contributed by atoms with Gasteiger partial charge in [0.05, 0.1) is 5.02 Å². The second-order valence-electron chi connectivity index (χ2n) is 9.91. The van der Waals surface area contributed by atoms with Crippen LogP contribution in [0.1, 0.15) is 0 Å². The summed E-state index contributed by atoms with van der Waals surface area (Å²) < 4.78 is 0. The van der Waals surface area contributed by atoms with E-state index in [0.29, 0.717) is 50.9 Å². The summed E-state index contributed by atoms with van der Waals surface area (Å²) in [7, 11) is 0. The molecule has 4 aromatic carbocycles. The number of halogens is 2. The normalized spacial score (nSPS) is 11.5. The third kappa shape index (κ3) is 4.20. The zero-order valence-electron chi connectivity index (χ0n) is 22.3. The van der Waals surface area contributed by atoms with Gasteiger partial charge in [-0.25, -0.2) is 29.9 Å². The van der Waals surface area contributed by atoms with E-state index in [1.807, 2.05) is 91.0 Å². The predicted molar refractivity (Wildman–Crippen MR) is 171 cm³/mol. The van der Waals surface area contributed by atoms with Gasteiger partial charge in [-0.3, -0.25) is 0 Å². The number of nitrogens with zero attached hydrogens (tertiary/aromatic N) is 6. The van der Waals surface area contributed by atoms with Crippen molar-refractivity contribution >= 4 is 72.7 Å². The summed E-state index contributed by atoms with van der Waals surface area (Å²) in [6, 6.07) is 29.7. The Labute approximate surface area is 272 Å². The van der Waals surface area contributed by atoms with Crippen molar-refractivity contribution in [2.45, 2.75) is 0 Å². The first kappa shape index (κ1) is 27.5. The van der Waals surface area contributed by atoms with Gasteiger partial charge in [0.15, 0.2) is 23.3 Å². The van der Waals surface area contributed by atoms with E-state index in [0.717, 1.165) is 43.8 Å². The molecule has 5 heterocycles. The average molecular weight is 695 g/mol. The molecule has 43 heavy (non-hydrogen) atoms. The van der Waals surface area contributed by atoms with Crippen molar-refractivity contribution in [1.29, 1.82) is 0 Å². The molecule has 2 aliphatic heterocycles. The molecule has 0 saturated carbocycles. The van der Waals surface area contributed by atoms with Crippen LogP contribution >= 0.6 is 28.6 Å². The molecular formula is C32H18BrClN8Zn. The molecular weight excluding hydrogens is 677 g/mol. The van der Waals surface area contributed by atoms with Gasteiger partial charge < -0.3 is 9.97 Å². The molecule has 3 aromatic heterocycles. The number of rotatable bonds is 0. The van der Waals surface area contributed by atoms with Gasteiger partial charge in [-0.2, -0.15) is 0 Å². The maximum Gasteiger partial charge on any atom is 0.164 e. The first-order chi connectivity index (χ1) is 20.2. The van der Waals surface area contributed by atoms with Crippen LogP contribution in [0.15, 0.2) is 91.0 Å². The van der Waals surface area contributed by atoms with Crippen LogP contribution in [0.5, 0.6) is 0 Å². The van der Waals surface area contributed by atoms with Crippen molar-refractivity contribution < 1.29 is 19.5 Å². The van der Waals surface area contributed by atoms with Crippen LogP contribution in [0, 0.1) is 0 Å². The predicted octanol–water partition coefficient (Wildman–Crippen LogP) is 8.10. The van der Waals surface area contributed by atoms with Gasteiger partial charge in [0, 0.05) is 63.3 Å². The van der Waals surface area contributed by atoms with Gasteiger partial charge in [0.2, 0.25) is 0 Å². The van der Waals surface area contributed by atoms with Crippen LogP contribution in [0.3, 0.4) is 0 Å². The largest absolute Gasteiger partial charge is 0.324 e. The topological polar surface area (TPSA) is 109 Å². The molecule has 0 fully saturated rings. The molecule has 202 valence electrons. The van der Waals surface area contributed by atoms with Gasteiger partial charge in [-0.1, -0.05) is 96.5 Å². The second-order valence-corrected chi connectivity index (χ2v) is 10.3. The van der Waals surface area contributed by atoms with E-state index in [4.69, 9.17) is 41.5 Å². The van der Waals surface area contributed by atoms with Crippen molar-refractivity contribution in [1.82, 2.24) is 39.9 Å². The Hall–Kier alpha value is -4.37. The minimum absolute atomic E-state index is 0. The maximum atomic E-state index is 6.73. The Bertz CT molecular complexity index is 2410. The van der Waals surface area contributed by atoms with E-state index in [-0.39, 0.29) is 36.5 Å². The van der Waals surface area contributed by atoms with Crippen LogP contribution in [-0.4, -0.2) is 39.9 Å². The third-order valence-corrected chi connectivity index (χ3v) is 7.84. The molecule has 7 aromatic rings. The number of nitrogens with one attached hydrogen (secondary N) is 2. The summed E-state index contributed by atoms with van der Waals surface area (Å²) in [5.41, 5.74) is 6.09. The average Bonchev–Trinajstić information content (AvgIpc) is 3.73. The summed E-state index contributed by atoms with van der Waals surface area (Å²) in [5, 5.41) is 4.05. The number of benzene rings is 4. The molecule has 0 aliphatic carbocycles. The fourth-order valence-electron chi connectivity index (χ4n) is 5.65. The fourth-order valence-corrected chi connectivity index (χ4v) is 5.91. The standard InChI is InChI=1S/C32H17ClN8.BrH.Zn/c33-23-15-7-14-22-24(23)32-40-30-21-13-6-5-12-20(21)28(38-30)36-26-17-9-2-1-8-16(17)25(34-26)35-27-18-10-3-4-11-19(18)29(37-27)39-31(22)41-32;;/h1-15H,(H2,34,35,36,37,38,39,40,41);1H;. The third-order valence-electron chi connectivity index (χ3n) is 7.53. The molecule has 0 amide bonds. The number of aromatic nitrogens is 8. The number of hydrogen-bond donors (Lipinski definition) is 2. The number of aromatic amines is 2. The van der Waals surface area contributed by atoms with Crippen molar-refractivity contribution in [2.24, 2.45) is 0 Å². The molecule has 8 bridgehead atoms. The summed E-state index contributed by atoms with van der Waals surface area (Å²) >= 11 is 6.73. The first-order valence-corrected chi connectivity index (χ1v) is 13.5. The van der Waals surface area contributed by atoms with Crippen molar-refractivity contribution in [3.63, 3.8) is 0 Å². The molecule has 8 nitrogen and oxygen atoms in total. The van der Waals surface area contributed by atoms with E-state index in [1.54, 1.807) is 0 Å². The molecule has 0 atom stereocenters. The molecule has 0 unspecified atom stereocenters. The Balaban J connectivity index is 0.00000150. The van der Waals surface area contributed by atoms with Crippen molar-refractivity contribution in [2.75, 3.05) is 0 Å². The SMILES string of the molecule is Br.Clc1cccc2c3nc4nc(nc5[nH]c(nc6nc(nc([nH]3)c12)-c1ccccc1-6)c1ccccc51)-c1ccccc1-4.[Zn]. The molecule has 2 N–H and O–H groups in total. The maximum absolute atomic E-state index is 6.73. The molecule has 0 spiro atoms. The Kier molecular flexibility index (Phi) is 6.65. The number of fused-ring (bicyclic) bond motifs is 20.